The van der Waals surface area contributed by atoms with Crippen molar-refractivity contribution in [2.75, 3.05) is 11.9 Å². The molecule has 0 saturated carbocycles. The molecule has 0 aliphatic carbocycles. The average molecular weight is 439 g/mol. The molecule has 0 spiro atoms. The molecule has 6 heteroatoms. The van der Waals surface area contributed by atoms with Crippen LogP contribution in [0.5, 0.6) is 5.75 Å². The molecule has 0 radical (unpaired) electrons. The molecule has 0 saturated heterocycles. The van der Waals surface area contributed by atoms with Crippen LogP contribution in [0.4, 0.5) is 5.69 Å². The van der Waals surface area contributed by atoms with Crippen LogP contribution in [0.1, 0.15) is 17.5 Å². The largest absolute Gasteiger partial charge is 0.494 e. The van der Waals surface area contributed by atoms with E-state index in [1.807, 2.05) is 54.6 Å². The molecule has 154 valence electrons. The first kappa shape index (κ1) is 21.8. The molecule has 0 bridgehead atoms. The molecule has 30 heavy (non-hydrogen) atoms. The summed E-state index contributed by atoms with van der Waals surface area (Å²) in [6.45, 7) is 0.654. The van der Waals surface area contributed by atoms with Crippen LogP contribution >= 0.6 is 23.8 Å². The van der Waals surface area contributed by atoms with Gasteiger partial charge in [0.15, 0.2) is 5.11 Å². The van der Waals surface area contributed by atoms with Crippen LogP contribution in [-0.2, 0) is 17.6 Å². The lowest BCUT2D eigenvalue weighted by molar-refractivity contribution is -0.119. The molecule has 0 fully saturated rings. The normalized spacial score (nSPS) is 10.3. The van der Waals surface area contributed by atoms with Crippen molar-refractivity contribution in [2.45, 2.75) is 19.3 Å². The molecule has 2 N–H and O–H groups in total. The monoisotopic (exact) mass is 438 g/mol. The summed E-state index contributed by atoms with van der Waals surface area (Å²) in [7, 11) is 0. The van der Waals surface area contributed by atoms with Gasteiger partial charge in [-0.2, -0.15) is 0 Å². The SMILES string of the molecule is O=C(Cc1ccc(Cl)cc1)NC(=S)Nc1ccc(OCCCc2ccccc2)cc1. The molecule has 3 aromatic carbocycles. The summed E-state index contributed by atoms with van der Waals surface area (Å²) in [6.07, 6.45) is 2.17. The Hall–Kier alpha value is -2.89. The number of hydrogen-bond donors (Lipinski definition) is 2. The van der Waals surface area contributed by atoms with E-state index in [0.29, 0.717) is 11.6 Å². The number of hydrogen-bond acceptors (Lipinski definition) is 3. The lowest BCUT2D eigenvalue weighted by Gasteiger charge is -2.11. The summed E-state index contributed by atoms with van der Waals surface area (Å²) in [5.74, 6) is 0.611. The molecule has 0 aromatic heterocycles. The third-order valence-electron chi connectivity index (χ3n) is 4.36. The van der Waals surface area contributed by atoms with Crippen molar-refractivity contribution < 1.29 is 9.53 Å². The minimum Gasteiger partial charge on any atom is -0.494 e. The van der Waals surface area contributed by atoms with Gasteiger partial charge in [0, 0.05) is 10.7 Å². The number of benzene rings is 3. The highest BCUT2D eigenvalue weighted by molar-refractivity contribution is 7.80. The van der Waals surface area contributed by atoms with Crippen LogP contribution < -0.4 is 15.4 Å². The number of rotatable bonds is 8. The standard InChI is InChI=1S/C24H23ClN2O2S/c25-20-10-8-19(9-11-20)17-23(28)27-24(30)26-21-12-14-22(15-13-21)29-16-4-7-18-5-2-1-3-6-18/h1-3,5-6,8-15H,4,7,16-17H2,(H2,26,27,28,30). The minimum atomic E-state index is -0.187. The second-order valence-electron chi connectivity index (χ2n) is 6.77. The van der Waals surface area contributed by atoms with Crippen molar-refractivity contribution in [1.29, 1.82) is 0 Å². The van der Waals surface area contributed by atoms with Gasteiger partial charge < -0.3 is 15.4 Å². The van der Waals surface area contributed by atoms with Crippen LogP contribution in [0.2, 0.25) is 5.02 Å². The van der Waals surface area contributed by atoms with Gasteiger partial charge in [0.2, 0.25) is 5.91 Å². The van der Waals surface area contributed by atoms with E-state index in [0.717, 1.165) is 29.8 Å². The second kappa shape index (κ2) is 11.3. The summed E-state index contributed by atoms with van der Waals surface area (Å²) in [4.78, 5) is 12.1. The smallest absolute Gasteiger partial charge is 0.230 e. The molecule has 0 heterocycles. The van der Waals surface area contributed by atoms with Gasteiger partial charge in [-0.3, -0.25) is 4.79 Å². The average Bonchev–Trinajstić information content (AvgIpc) is 2.74. The van der Waals surface area contributed by atoms with E-state index in [1.165, 1.54) is 5.56 Å². The van der Waals surface area contributed by atoms with Crippen molar-refractivity contribution in [3.63, 3.8) is 0 Å². The predicted octanol–water partition coefficient (Wildman–Crippen LogP) is 5.41. The molecule has 4 nitrogen and oxygen atoms in total. The van der Waals surface area contributed by atoms with Gasteiger partial charge in [-0.1, -0.05) is 54.1 Å². The maximum Gasteiger partial charge on any atom is 0.230 e. The van der Waals surface area contributed by atoms with Gasteiger partial charge in [0.05, 0.1) is 13.0 Å². The number of nitrogens with one attached hydrogen (secondary N) is 2. The number of thiocarbonyl (C=S) groups is 1. The van der Waals surface area contributed by atoms with Crippen molar-refractivity contribution in [3.8, 4) is 5.75 Å². The summed E-state index contributed by atoms with van der Waals surface area (Å²) in [6, 6.07) is 25.0. The zero-order chi connectivity index (χ0) is 21.2. The fraction of sp³-hybridized carbons (Fsp3) is 0.167. The fourth-order valence-corrected chi connectivity index (χ4v) is 3.22. The Morgan fingerprint density at radius 3 is 2.30 bits per heavy atom. The number of carbonyl (C=O) groups is 1. The summed E-state index contributed by atoms with van der Waals surface area (Å²) >= 11 is 11.1. The molecule has 0 unspecified atom stereocenters. The molecule has 0 aliphatic heterocycles. The van der Waals surface area contributed by atoms with Gasteiger partial charge in [0.25, 0.3) is 0 Å². The van der Waals surface area contributed by atoms with Gasteiger partial charge in [-0.15, -0.1) is 0 Å². The first-order chi connectivity index (χ1) is 14.6. The van der Waals surface area contributed by atoms with E-state index in [1.54, 1.807) is 12.1 Å². The second-order valence-corrected chi connectivity index (χ2v) is 7.61. The molecular formula is C24H23ClN2O2S. The number of halogens is 1. The molecule has 0 aliphatic rings. The quantitative estimate of drug-likeness (QED) is 0.365. The third kappa shape index (κ3) is 7.50. The van der Waals surface area contributed by atoms with Crippen molar-refractivity contribution in [3.05, 3.63) is 95.0 Å². The van der Waals surface area contributed by atoms with E-state index >= 15 is 0 Å². The fourth-order valence-electron chi connectivity index (χ4n) is 2.87. The Morgan fingerprint density at radius 1 is 0.900 bits per heavy atom. The first-order valence-corrected chi connectivity index (χ1v) is 10.5. The van der Waals surface area contributed by atoms with Gasteiger partial charge in [-0.25, -0.2) is 0 Å². The van der Waals surface area contributed by atoms with Gasteiger partial charge >= 0.3 is 0 Å². The lowest BCUT2D eigenvalue weighted by atomic mass is 10.1. The number of carbonyl (C=O) groups excluding carboxylic acids is 1. The minimum absolute atomic E-state index is 0.187. The van der Waals surface area contributed by atoms with Crippen LogP contribution in [0.3, 0.4) is 0 Å². The maximum atomic E-state index is 12.1. The number of anilines is 1. The maximum absolute atomic E-state index is 12.1. The predicted molar refractivity (Wildman–Crippen MR) is 126 cm³/mol. The van der Waals surface area contributed by atoms with Crippen molar-refractivity contribution >= 4 is 40.5 Å². The molecule has 0 atom stereocenters. The third-order valence-corrected chi connectivity index (χ3v) is 4.82. The zero-order valence-corrected chi connectivity index (χ0v) is 18.0. The number of amides is 1. The Morgan fingerprint density at radius 2 is 1.60 bits per heavy atom. The Labute approximate surface area is 187 Å². The highest BCUT2D eigenvalue weighted by Crippen LogP contribution is 2.16. The summed E-state index contributed by atoms with van der Waals surface area (Å²) < 4.78 is 5.79. The Bertz CT molecular complexity index is 961. The van der Waals surface area contributed by atoms with E-state index in [9.17, 15) is 4.79 Å². The Kier molecular flexibility index (Phi) is 8.24. The molecule has 3 aromatic rings. The molecular weight excluding hydrogens is 416 g/mol. The Balaban J connectivity index is 1.38. The lowest BCUT2D eigenvalue weighted by Crippen LogP contribution is -2.35. The molecule has 3 rings (SSSR count). The van der Waals surface area contributed by atoms with Crippen molar-refractivity contribution in [1.82, 2.24) is 5.32 Å². The van der Waals surface area contributed by atoms with E-state index in [4.69, 9.17) is 28.6 Å². The summed E-state index contributed by atoms with van der Waals surface area (Å²) in [5, 5.41) is 6.58. The van der Waals surface area contributed by atoms with Crippen LogP contribution in [0.25, 0.3) is 0 Å². The number of aryl methyl sites for hydroxylation is 1. The zero-order valence-electron chi connectivity index (χ0n) is 16.4. The van der Waals surface area contributed by atoms with Crippen LogP contribution in [-0.4, -0.2) is 17.6 Å². The van der Waals surface area contributed by atoms with E-state index in [2.05, 4.69) is 22.8 Å². The van der Waals surface area contributed by atoms with Crippen LogP contribution in [0.15, 0.2) is 78.9 Å². The van der Waals surface area contributed by atoms with Crippen molar-refractivity contribution in [2.24, 2.45) is 0 Å². The molecule has 1 amide bonds. The van der Waals surface area contributed by atoms with Gasteiger partial charge in [0.1, 0.15) is 5.75 Å². The van der Waals surface area contributed by atoms with Gasteiger partial charge in [-0.05, 0) is 72.6 Å². The van der Waals surface area contributed by atoms with E-state index in [-0.39, 0.29) is 17.4 Å². The number of ether oxygens (including phenoxy) is 1. The topological polar surface area (TPSA) is 50.4 Å². The highest BCUT2D eigenvalue weighted by atomic mass is 35.5. The van der Waals surface area contributed by atoms with Crippen LogP contribution in [0, 0.1) is 0 Å². The van der Waals surface area contributed by atoms with E-state index < -0.39 is 0 Å². The summed E-state index contributed by atoms with van der Waals surface area (Å²) in [5.41, 5.74) is 2.96. The highest BCUT2D eigenvalue weighted by Gasteiger charge is 2.07. The first-order valence-electron chi connectivity index (χ1n) is 9.70.